The van der Waals surface area contributed by atoms with Gasteiger partial charge in [0.1, 0.15) is 0 Å². The average molecular weight is 228 g/mol. The van der Waals surface area contributed by atoms with Crippen LogP contribution in [0.25, 0.3) is 0 Å². The zero-order valence-corrected chi connectivity index (χ0v) is 10.3. The topological polar surface area (TPSA) is 26.3 Å². The summed E-state index contributed by atoms with van der Waals surface area (Å²) < 4.78 is 17.0. The van der Waals surface area contributed by atoms with E-state index in [4.69, 9.17) is 4.74 Å². The van der Waals surface area contributed by atoms with E-state index in [1.165, 1.54) is 31.3 Å². The van der Waals surface area contributed by atoms with Gasteiger partial charge in [0.2, 0.25) is 0 Å². The molecular weight excluding hydrogens is 208 g/mol. The van der Waals surface area contributed by atoms with E-state index in [0.29, 0.717) is 0 Å². The Labute approximate surface area is 94.5 Å². The molecule has 3 heteroatoms. The fourth-order valence-corrected chi connectivity index (χ4v) is 4.18. The molecule has 15 heavy (non-hydrogen) atoms. The highest BCUT2D eigenvalue weighted by Crippen LogP contribution is 2.30. The first-order chi connectivity index (χ1) is 7.18. The fourth-order valence-electron chi connectivity index (χ4n) is 2.31. The second-order valence-electron chi connectivity index (χ2n) is 5.14. The first-order valence-corrected chi connectivity index (χ1v) is 7.31. The molecule has 1 saturated heterocycles. The molecule has 86 valence electrons. The Morgan fingerprint density at radius 1 is 1.47 bits per heavy atom. The van der Waals surface area contributed by atoms with Crippen LogP contribution >= 0.6 is 0 Å². The van der Waals surface area contributed by atoms with Gasteiger partial charge >= 0.3 is 0 Å². The number of hydrogen-bond acceptors (Lipinski definition) is 2. The highest BCUT2D eigenvalue weighted by Gasteiger charge is 2.33. The van der Waals surface area contributed by atoms with Crippen LogP contribution in [-0.4, -0.2) is 22.3 Å². The molecule has 2 aliphatic rings. The van der Waals surface area contributed by atoms with Crippen molar-refractivity contribution in [3.8, 4) is 0 Å². The normalized spacial score (nSPS) is 35.8. The summed E-state index contributed by atoms with van der Waals surface area (Å²) in [4.78, 5) is 0. The van der Waals surface area contributed by atoms with Crippen molar-refractivity contribution >= 4 is 10.8 Å². The lowest BCUT2D eigenvalue weighted by atomic mass is 9.92. The second-order valence-corrected chi connectivity index (χ2v) is 6.72. The summed E-state index contributed by atoms with van der Waals surface area (Å²) in [5.41, 5.74) is 1.61. The van der Waals surface area contributed by atoms with Gasteiger partial charge in [0.25, 0.3) is 0 Å². The zero-order chi connectivity index (χ0) is 10.7. The molecule has 2 unspecified atom stereocenters. The summed E-state index contributed by atoms with van der Waals surface area (Å²) in [6.45, 7) is 2.92. The first kappa shape index (κ1) is 11.2. The molecule has 0 N–H and O–H groups in total. The molecule has 1 saturated carbocycles. The van der Waals surface area contributed by atoms with Crippen LogP contribution in [0, 0.1) is 5.41 Å². The van der Waals surface area contributed by atoms with Crippen LogP contribution in [0.5, 0.6) is 0 Å². The third kappa shape index (κ3) is 3.07. The summed E-state index contributed by atoms with van der Waals surface area (Å²) in [5, 5.41) is 0. The van der Waals surface area contributed by atoms with Crippen LogP contribution in [0.4, 0.5) is 0 Å². The van der Waals surface area contributed by atoms with E-state index in [2.05, 4.69) is 6.92 Å². The van der Waals surface area contributed by atoms with E-state index < -0.39 is 10.8 Å². The van der Waals surface area contributed by atoms with Gasteiger partial charge in [0, 0.05) is 27.7 Å². The second kappa shape index (κ2) is 4.69. The maximum Gasteiger partial charge on any atom is 0.0935 e. The lowest BCUT2D eigenvalue weighted by molar-refractivity contribution is 0.141. The molecule has 1 aliphatic carbocycles. The summed E-state index contributed by atoms with van der Waals surface area (Å²) in [6, 6.07) is 0. The molecule has 0 aromatic rings. The molecule has 0 aromatic heterocycles. The third-order valence-electron chi connectivity index (χ3n) is 3.37. The van der Waals surface area contributed by atoms with Gasteiger partial charge in [-0.15, -0.1) is 0 Å². The largest absolute Gasteiger partial charge is 0.501 e. The van der Waals surface area contributed by atoms with E-state index in [1.54, 1.807) is 0 Å². The van der Waals surface area contributed by atoms with Crippen LogP contribution in [0.15, 0.2) is 11.8 Å². The lowest BCUT2D eigenvalue weighted by Gasteiger charge is -2.21. The van der Waals surface area contributed by atoms with E-state index in [1.807, 2.05) is 6.26 Å². The van der Waals surface area contributed by atoms with Crippen molar-refractivity contribution in [3.05, 3.63) is 11.8 Å². The van der Waals surface area contributed by atoms with Crippen LogP contribution < -0.4 is 0 Å². The van der Waals surface area contributed by atoms with Gasteiger partial charge in [-0.3, -0.25) is 4.21 Å². The van der Waals surface area contributed by atoms with E-state index in [0.717, 1.165) is 24.5 Å². The standard InChI is InChI=1S/C12H20O2S/c1-12(6-7-15(13)10-12)9-14-8-11-4-2-3-5-11/h8H,2-7,9-10H2,1H3. The smallest absolute Gasteiger partial charge is 0.0935 e. The summed E-state index contributed by atoms with van der Waals surface area (Å²) >= 11 is 0. The van der Waals surface area contributed by atoms with Gasteiger partial charge in [-0.1, -0.05) is 6.92 Å². The maximum atomic E-state index is 11.3. The van der Waals surface area contributed by atoms with Crippen molar-refractivity contribution in [2.75, 3.05) is 18.1 Å². The van der Waals surface area contributed by atoms with Gasteiger partial charge < -0.3 is 4.74 Å². The summed E-state index contributed by atoms with van der Waals surface area (Å²) in [6.07, 6.45) is 8.06. The minimum atomic E-state index is -0.598. The molecule has 2 fully saturated rings. The number of allylic oxidation sites excluding steroid dienone is 1. The third-order valence-corrected chi connectivity index (χ3v) is 5.05. The average Bonchev–Trinajstić information content (AvgIpc) is 2.77. The van der Waals surface area contributed by atoms with Crippen molar-refractivity contribution < 1.29 is 8.95 Å². The molecule has 2 nitrogen and oxygen atoms in total. The van der Waals surface area contributed by atoms with Crippen LogP contribution in [-0.2, 0) is 15.5 Å². The molecule has 1 heterocycles. The predicted octanol–water partition coefficient (Wildman–Crippen LogP) is 2.62. The number of rotatable bonds is 3. The summed E-state index contributed by atoms with van der Waals surface area (Å²) in [7, 11) is -0.598. The summed E-state index contributed by atoms with van der Waals surface area (Å²) in [5.74, 6) is 1.67. The van der Waals surface area contributed by atoms with Gasteiger partial charge in [-0.2, -0.15) is 0 Å². The first-order valence-electron chi connectivity index (χ1n) is 5.82. The van der Waals surface area contributed by atoms with Crippen molar-refractivity contribution in [3.63, 3.8) is 0 Å². The number of hydrogen-bond donors (Lipinski definition) is 0. The minimum Gasteiger partial charge on any atom is -0.501 e. The molecule has 2 atom stereocenters. The Morgan fingerprint density at radius 3 is 2.80 bits per heavy atom. The van der Waals surface area contributed by atoms with Crippen LogP contribution in [0.2, 0.25) is 0 Å². The quantitative estimate of drug-likeness (QED) is 0.694. The van der Waals surface area contributed by atoms with Crippen molar-refractivity contribution in [1.82, 2.24) is 0 Å². The van der Waals surface area contributed by atoms with Crippen molar-refractivity contribution in [1.29, 1.82) is 0 Å². The highest BCUT2D eigenvalue weighted by molar-refractivity contribution is 7.85. The molecule has 0 spiro atoms. The Balaban J connectivity index is 1.77. The van der Waals surface area contributed by atoms with Crippen LogP contribution in [0.1, 0.15) is 39.0 Å². The zero-order valence-electron chi connectivity index (χ0n) is 9.46. The lowest BCUT2D eigenvalue weighted by Crippen LogP contribution is -2.22. The molecule has 2 rings (SSSR count). The van der Waals surface area contributed by atoms with E-state index >= 15 is 0 Å². The Hall–Kier alpha value is -0.310. The molecular formula is C12H20O2S. The predicted molar refractivity (Wildman–Crippen MR) is 63.1 cm³/mol. The molecule has 0 aromatic carbocycles. The van der Waals surface area contributed by atoms with Crippen molar-refractivity contribution in [2.45, 2.75) is 39.0 Å². The number of ether oxygens (including phenoxy) is 1. The molecule has 1 aliphatic heterocycles. The Kier molecular flexibility index (Phi) is 3.49. The SMILES string of the molecule is CC1(COC=C2CCCC2)CCS(=O)C1. The van der Waals surface area contributed by atoms with Crippen LogP contribution in [0.3, 0.4) is 0 Å². The monoisotopic (exact) mass is 228 g/mol. The molecule has 0 amide bonds. The van der Waals surface area contributed by atoms with Gasteiger partial charge in [-0.25, -0.2) is 0 Å². The van der Waals surface area contributed by atoms with Gasteiger partial charge in [0.15, 0.2) is 0 Å². The van der Waals surface area contributed by atoms with E-state index in [9.17, 15) is 4.21 Å². The van der Waals surface area contributed by atoms with Crippen molar-refractivity contribution in [2.24, 2.45) is 5.41 Å². The highest BCUT2D eigenvalue weighted by atomic mass is 32.2. The Bertz CT molecular complexity index is 277. The van der Waals surface area contributed by atoms with Gasteiger partial charge in [-0.05, 0) is 37.7 Å². The fraction of sp³-hybridized carbons (Fsp3) is 0.833. The molecule has 0 radical (unpaired) electrons. The van der Waals surface area contributed by atoms with Gasteiger partial charge in [0.05, 0.1) is 12.9 Å². The minimum absolute atomic E-state index is 0.153. The Morgan fingerprint density at radius 2 is 2.20 bits per heavy atom. The van der Waals surface area contributed by atoms with E-state index in [-0.39, 0.29) is 5.41 Å². The molecule has 0 bridgehead atoms. The maximum absolute atomic E-state index is 11.3.